The van der Waals surface area contributed by atoms with E-state index in [1.54, 1.807) is 41.1 Å². The Balaban J connectivity index is 1.59. The summed E-state index contributed by atoms with van der Waals surface area (Å²) in [7, 11) is 1.57. The Hall–Kier alpha value is -2.90. The van der Waals surface area contributed by atoms with Gasteiger partial charge in [0.2, 0.25) is 11.8 Å². The van der Waals surface area contributed by atoms with Crippen molar-refractivity contribution in [3.8, 4) is 0 Å². The van der Waals surface area contributed by atoms with Crippen LogP contribution in [0, 0.1) is 5.92 Å². The SMILES string of the molecule is CN(CC(=O)N1CCC(C(=O)O)CC1)C(=O)c1cccc(N2CCCC2=O)c1. The summed E-state index contributed by atoms with van der Waals surface area (Å²) in [6.45, 7) is 1.37. The Morgan fingerprint density at radius 2 is 1.89 bits per heavy atom. The molecule has 2 fully saturated rings. The molecule has 2 aliphatic heterocycles. The van der Waals surface area contributed by atoms with Gasteiger partial charge >= 0.3 is 5.97 Å². The first-order valence-electron chi connectivity index (χ1n) is 9.53. The topological polar surface area (TPSA) is 98.2 Å². The highest BCUT2D eigenvalue weighted by Gasteiger charge is 2.28. The van der Waals surface area contributed by atoms with Crippen LogP contribution in [-0.2, 0) is 14.4 Å². The lowest BCUT2D eigenvalue weighted by molar-refractivity contribution is -0.145. The van der Waals surface area contributed by atoms with Crippen LogP contribution >= 0.6 is 0 Å². The molecule has 8 heteroatoms. The van der Waals surface area contributed by atoms with Crippen LogP contribution in [0.25, 0.3) is 0 Å². The van der Waals surface area contributed by atoms with Gasteiger partial charge in [-0.25, -0.2) is 0 Å². The molecule has 2 aliphatic rings. The molecular formula is C20H25N3O5. The third-order valence-corrected chi connectivity index (χ3v) is 5.39. The second-order valence-electron chi connectivity index (χ2n) is 7.35. The number of aliphatic carboxylic acids is 1. The smallest absolute Gasteiger partial charge is 0.306 e. The van der Waals surface area contributed by atoms with Crippen molar-refractivity contribution in [3.05, 3.63) is 29.8 Å². The van der Waals surface area contributed by atoms with E-state index < -0.39 is 11.9 Å². The fourth-order valence-corrected chi connectivity index (χ4v) is 3.70. The van der Waals surface area contributed by atoms with Gasteiger partial charge in [0, 0.05) is 44.4 Å². The van der Waals surface area contributed by atoms with E-state index in [2.05, 4.69) is 0 Å². The number of likely N-dealkylation sites (tertiary alicyclic amines) is 1. The van der Waals surface area contributed by atoms with E-state index in [0.29, 0.717) is 50.1 Å². The van der Waals surface area contributed by atoms with Crippen LogP contribution < -0.4 is 4.90 Å². The molecular weight excluding hydrogens is 362 g/mol. The van der Waals surface area contributed by atoms with Gasteiger partial charge in [-0.3, -0.25) is 19.2 Å². The van der Waals surface area contributed by atoms with Crippen LogP contribution in [0.5, 0.6) is 0 Å². The zero-order valence-electron chi connectivity index (χ0n) is 16.0. The van der Waals surface area contributed by atoms with Crippen molar-refractivity contribution in [2.45, 2.75) is 25.7 Å². The monoisotopic (exact) mass is 387 g/mol. The number of likely N-dealkylation sites (N-methyl/N-ethyl adjacent to an activating group) is 1. The van der Waals surface area contributed by atoms with Crippen LogP contribution in [0.1, 0.15) is 36.0 Å². The maximum Gasteiger partial charge on any atom is 0.306 e. The van der Waals surface area contributed by atoms with Gasteiger partial charge in [0.15, 0.2) is 0 Å². The summed E-state index contributed by atoms with van der Waals surface area (Å²) in [5, 5.41) is 9.04. The molecule has 0 atom stereocenters. The van der Waals surface area contributed by atoms with Gasteiger partial charge in [0.1, 0.15) is 0 Å². The molecule has 2 saturated heterocycles. The molecule has 1 aromatic carbocycles. The van der Waals surface area contributed by atoms with Crippen LogP contribution in [0.3, 0.4) is 0 Å². The number of nitrogens with zero attached hydrogens (tertiary/aromatic N) is 3. The van der Waals surface area contributed by atoms with E-state index in [-0.39, 0.29) is 24.3 Å². The number of carbonyl (C=O) groups is 4. The number of hydrogen-bond acceptors (Lipinski definition) is 4. The van der Waals surface area contributed by atoms with Crippen molar-refractivity contribution in [2.24, 2.45) is 5.92 Å². The molecule has 0 spiro atoms. The molecule has 0 bridgehead atoms. The van der Waals surface area contributed by atoms with Gasteiger partial charge < -0.3 is 19.8 Å². The van der Waals surface area contributed by atoms with Crippen LogP contribution in [0.15, 0.2) is 24.3 Å². The van der Waals surface area contributed by atoms with Crippen LogP contribution in [0.2, 0.25) is 0 Å². The number of anilines is 1. The minimum absolute atomic E-state index is 0.0536. The Bertz CT molecular complexity index is 786. The minimum atomic E-state index is -0.823. The van der Waals surface area contributed by atoms with E-state index in [4.69, 9.17) is 5.11 Å². The summed E-state index contributed by atoms with van der Waals surface area (Å²) in [5.74, 6) is -1.65. The van der Waals surface area contributed by atoms with Crippen LogP contribution in [-0.4, -0.2) is 71.8 Å². The lowest BCUT2D eigenvalue weighted by Crippen LogP contribution is -2.45. The summed E-state index contributed by atoms with van der Waals surface area (Å²) >= 11 is 0. The number of carbonyl (C=O) groups excluding carboxylic acids is 3. The average Bonchev–Trinajstić information content (AvgIpc) is 3.13. The van der Waals surface area contributed by atoms with Crippen molar-refractivity contribution < 1.29 is 24.3 Å². The highest BCUT2D eigenvalue weighted by molar-refractivity contribution is 6.00. The molecule has 0 aliphatic carbocycles. The van der Waals surface area contributed by atoms with E-state index in [0.717, 1.165) is 6.42 Å². The van der Waals surface area contributed by atoms with Crippen LogP contribution in [0.4, 0.5) is 5.69 Å². The number of rotatable bonds is 5. The summed E-state index contributed by atoms with van der Waals surface area (Å²) in [6, 6.07) is 6.90. The van der Waals surface area contributed by atoms with Gasteiger partial charge in [-0.05, 0) is 37.5 Å². The van der Waals surface area contributed by atoms with E-state index in [1.807, 2.05) is 0 Å². The first kappa shape index (κ1) is 19.9. The standard InChI is InChI=1S/C20H25N3O5/c1-21(13-18(25)22-10-7-14(8-11-22)20(27)28)19(26)15-4-2-5-16(12-15)23-9-3-6-17(23)24/h2,4-5,12,14H,3,6-11,13H2,1H3,(H,27,28). The first-order chi connectivity index (χ1) is 13.4. The quantitative estimate of drug-likeness (QED) is 0.819. The lowest BCUT2D eigenvalue weighted by atomic mass is 9.97. The molecule has 150 valence electrons. The molecule has 0 unspecified atom stereocenters. The van der Waals surface area contributed by atoms with E-state index >= 15 is 0 Å². The number of carboxylic acid groups (broad SMARTS) is 1. The van der Waals surface area contributed by atoms with Crippen molar-refractivity contribution >= 4 is 29.4 Å². The predicted octanol–water partition coefficient (Wildman–Crippen LogP) is 1.21. The highest BCUT2D eigenvalue weighted by Crippen LogP contribution is 2.23. The Morgan fingerprint density at radius 3 is 2.50 bits per heavy atom. The highest BCUT2D eigenvalue weighted by atomic mass is 16.4. The Morgan fingerprint density at radius 1 is 1.18 bits per heavy atom. The molecule has 8 nitrogen and oxygen atoms in total. The zero-order valence-corrected chi connectivity index (χ0v) is 16.0. The third kappa shape index (κ3) is 4.32. The number of hydrogen-bond donors (Lipinski definition) is 1. The normalized spacial score (nSPS) is 17.7. The molecule has 1 aromatic rings. The molecule has 1 N–H and O–H groups in total. The largest absolute Gasteiger partial charge is 0.481 e. The van der Waals surface area contributed by atoms with Gasteiger partial charge in [0.25, 0.3) is 5.91 Å². The molecule has 3 amide bonds. The molecule has 0 radical (unpaired) electrons. The first-order valence-corrected chi connectivity index (χ1v) is 9.53. The zero-order chi connectivity index (χ0) is 20.3. The summed E-state index contributed by atoms with van der Waals surface area (Å²) in [4.78, 5) is 52.8. The summed E-state index contributed by atoms with van der Waals surface area (Å²) in [6.07, 6.45) is 2.20. The minimum Gasteiger partial charge on any atom is -0.481 e. The van der Waals surface area contributed by atoms with Gasteiger partial charge in [-0.15, -0.1) is 0 Å². The van der Waals surface area contributed by atoms with Crippen molar-refractivity contribution in [1.29, 1.82) is 0 Å². The fraction of sp³-hybridized carbons (Fsp3) is 0.500. The predicted molar refractivity (Wildman–Crippen MR) is 102 cm³/mol. The van der Waals surface area contributed by atoms with E-state index in [9.17, 15) is 19.2 Å². The molecule has 2 heterocycles. The molecule has 3 rings (SSSR count). The summed E-state index contributed by atoms with van der Waals surface area (Å²) < 4.78 is 0. The molecule has 0 saturated carbocycles. The second-order valence-corrected chi connectivity index (χ2v) is 7.35. The van der Waals surface area contributed by atoms with E-state index in [1.165, 1.54) is 4.90 Å². The number of piperidine rings is 1. The van der Waals surface area contributed by atoms with Crippen molar-refractivity contribution in [1.82, 2.24) is 9.80 Å². The lowest BCUT2D eigenvalue weighted by Gasteiger charge is -2.31. The van der Waals surface area contributed by atoms with Crippen molar-refractivity contribution in [3.63, 3.8) is 0 Å². The number of amides is 3. The maximum absolute atomic E-state index is 12.7. The Labute approximate surface area is 163 Å². The average molecular weight is 387 g/mol. The third-order valence-electron chi connectivity index (χ3n) is 5.39. The molecule has 0 aromatic heterocycles. The van der Waals surface area contributed by atoms with Gasteiger partial charge in [0.05, 0.1) is 12.5 Å². The van der Waals surface area contributed by atoms with Gasteiger partial charge in [-0.1, -0.05) is 6.07 Å². The number of benzene rings is 1. The summed E-state index contributed by atoms with van der Waals surface area (Å²) in [5.41, 5.74) is 1.13. The maximum atomic E-state index is 12.7. The number of carboxylic acids is 1. The van der Waals surface area contributed by atoms with Crippen molar-refractivity contribution in [2.75, 3.05) is 38.1 Å². The molecule has 28 heavy (non-hydrogen) atoms. The fourth-order valence-electron chi connectivity index (χ4n) is 3.70. The Kier molecular flexibility index (Phi) is 5.96. The second kappa shape index (κ2) is 8.41. The van der Waals surface area contributed by atoms with Gasteiger partial charge in [-0.2, -0.15) is 0 Å².